The van der Waals surface area contributed by atoms with Crippen molar-refractivity contribution >= 4 is 49.8 Å². The largest absolute Gasteiger partial charge is 0.325 e. The lowest BCUT2D eigenvalue weighted by Crippen LogP contribution is -2.25. The normalized spacial score (nSPS) is 13.7. The molecule has 1 atom stereocenters. The third-order valence-electron chi connectivity index (χ3n) is 5.23. The van der Waals surface area contributed by atoms with E-state index in [1.54, 1.807) is 6.92 Å². The van der Waals surface area contributed by atoms with E-state index in [2.05, 4.69) is 31.3 Å². The van der Waals surface area contributed by atoms with Gasteiger partial charge in [-0.2, -0.15) is 5.26 Å². The van der Waals surface area contributed by atoms with Gasteiger partial charge in [-0.3, -0.25) is 9.52 Å². The molecule has 176 valence electrons. The number of hydrogen-bond donors (Lipinski definition) is 2. The van der Waals surface area contributed by atoms with Crippen LogP contribution in [0.1, 0.15) is 41.6 Å². The summed E-state index contributed by atoms with van der Waals surface area (Å²) in [7, 11) is -3.82. The Balaban J connectivity index is 1.44. The average molecular weight is 515 g/mol. The van der Waals surface area contributed by atoms with Gasteiger partial charge < -0.3 is 5.32 Å². The second kappa shape index (κ2) is 10.1. The Hall–Kier alpha value is -3.01. The van der Waals surface area contributed by atoms with Crippen molar-refractivity contribution < 1.29 is 13.2 Å². The van der Waals surface area contributed by atoms with Crippen LogP contribution in [0.5, 0.6) is 0 Å². The Morgan fingerprint density at radius 2 is 2.03 bits per heavy atom. The van der Waals surface area contributed by atoms with Gasteiger partial charge in [0.05, 0.1) is 15.7 Å². The van der Waals surface area contributed by atoms with Gasteiger partial charge in [-0.05, 0) is 68.5 Å². The first-order chi connectivity index (χ1) is 16.3. The van der Waals surface area contributed by atoms with Crippen LogP contribution in [0, 0.1) is 18.3 Å². The van der Waals surface area contributed by atoms with Crippen LogP contribution < -0.4 is 10.0 Å². The monoisotopic (exact) mass is 514 g/mol. The highest BCUT2D eigenvalue weighted by Gasteiger charge is 2.24. The van der Waals surface area contributed by atoms with E-state index in [1.807, 2.05) is 13.0 Å². The molecule has 0 aliphatic heterocycles. The Labute approximate surface area is 206 Å². The van der Waals surface area contributed by atoms with E-state index >= 15 is 0 Å². The number of carbonyl (C=O) groups excluding carboxylic acids is 1. The molecule has 2 N–H and O–H groups in total. The van der Waals surface area contributed by atoms with Crippen molar-refractivity contribution in [2.24, 2.45) is 0 Å². The number of nitrogens with one attached hydrogen (secondary N) is 2. The number of aryl methyl sites for hydroxylation is 3. The van der Waals surface area contributed by atoms with Crippen LogP contribution in [-0.4, -0.2) is 34.8 Å². The quantitative estimate of drug-likeness (QED) is 0.432. The minimum absolute atomic E-state index is 0.0424. The van der Waals surface area contributed by atoms with Gasteiger partial charge in [0, 0.05) is 11.4 Å². The van der Waals surface area contributed by atoms with Gasteiger partial charge in [0.25, 0.3) is 10.0 Å². The number of aromatic nitrogens is 3. The molecule has 1 aliphatic carbocycles. The lowest BCUT2D eigenvalue weighted by atomic mass is 10.2. The lowest BCUT2D eigenvalue weighted by Gasteiger charge is -2.16. The molecule has 34 heavy (non-hydrogen) atoms. The fourth-order valence-corrected chi connectivity index (χ4v) is 6.35. The fraction of sp³-hybridized carbons (Fsp3) is 0.318. The van der Waals surface area contributed by atoms with Gasteiger partial charge in [-0.25, -0.2) is 13.4 Å². The molecule has 0 spiro atoms. The summed E-state index contributed by atoms with van der Waals surface area (Å²) in [6, 6.07) is 9.97. The highest BCUT2D eigenvalue weighted by atomic mass is 32.2. The van der Waals surface area contributed by atoms with Crippen LogP contribution in [0.2, 0.25) is 0 Å². The molecule has 0 radical (unpaired) electrons. The van der Waals surface area contributed by atoms with Crippen molar-refractivity contribution in [2.45, 2.75) is 54.7 Å². The molecule has 4 rings (SSSR count). The third-order valence-corrected chi connectivity index (χ3v) is 8.84. The van der Waals surface area contributed by atoms with Gasteiger partial charge in [-0.15, -0.1) is 10.2 Å². The van der Waals surface area contributed by atoms with E-state index in [4.69, 9.17) is 0 Å². The predicted octanol–water partition coefficient (Wildman–Crippen LogP) is 3.91. The molecular weight excluding hydrogens is 492 g/mol. The maximum absolute atomic E-state index is 12.9. The number of pyridine rings is 1. The summed E-state index contributed by atoms with van der Waals surface area (Å²) in [6.45, 7) is 3.63. The zero-order valence-electron chi connectivity index (χ0n) is 18.5. The van der Waals surface area contributed by atoms with E-state index in [0.29, 0.717) is 27.7 Å². The lowest BCUT2D eigenvalue weighted by molar-refractivity contribution is -0.115. The summed E-state index contributed by atoms with van der Waals surface area (Å²) < 4.78 is 27.5. The molecule has 1 aromatic carbocycles. The number of nitrogens with zero attached hydrogens (tertiary/aromatic N) is 4. The van der Waals surface area contributed by atoms with E-state index in [0.717, 1.165) is 41.9 Å². The number of nitriles is 1. The maximum atomic E-state index is 12.9. The van der Waals surface area contributed by atoms with Crippen LogP contribution in [0.4, 0.5) is 10.8 Å². The molecule has 1 aliphatic rings. The smallest absolute Gasteiger partial charge is 0.263 e. The number of benzene rings is 1. The van der Waals surface area contributed by atoms with E-state index in [-0.39, 0.29) is 15.9 Å². The first kappa shape index (κ1) is 24.1. The van der Waals surface area contributed by atoms with Crippen molar-refractivity contribution in [3.63, 3.8) is 0 Å². The molecule has 0 fully saturated rings. The molecule has 1 amide bonds. The molecule has 0 saturated carbocycles. The summed E-state index contributed by atoms with van der Waals surface area (Å²) in [5, 5.41) is 20.9. The number of hydrogen-bond acceptors (Lipinski definition) is 9. The van der Waals surface area contributed by atoms with Gasteiger partial charge in [0.15, 0.2) is 0 Å². The summed E-state index contributed by atoms with van der Waals surface area (Å²) in [6.07, 6.45) is 3.39. The van der Waals surface area contributed by atoms with E-state index < -0.39 is 15.3 Å². The average Bonchev–Trinajstić information content (AvgIpc) is 3.44. The van der Waals surface area contributed by atoms with Crippen LogP contribution in [0.15, 0.2) is 40.3 Å². The van der Waals surface area contributed by atoms with Gasteiger partial charge in [0.1, 0.15) is 16.1 Å². The maximum Gasteiger partial charge on any atom is 0.263 e. The summed E-state index contributed by atoms with van der Waals surface area (Å²) >= 11 is 2.42. The molecule has 2 aromatic heterocycles. The van der Waals surface area contributed by atoms with Crippen LogP contribution in [-0.2, 0) is 27.7 Å². The number of amides is 1. The molecule has 9 nitrogen and oxygen atoms in total. The van der Waals surface area contributed by atoms with Crippen LogP contribution in [0.25, 0.3) is 0 Å². The zero-order chi connectivity index (χ0) is 24.3. The number of fused-ring (bicyclic) bond motifs is 1. The van der Waals surface area contributed by atoms with Crippen molar-refractivity contribution in [3.8, 4) is 6.07 Å². The second-order valence-corrected chi connectivity index (χ2v) is 11.7. The number of carbonyl (C=O) groups is 1. The number of sulfonamides is 1. The van der Waals surface area contributed by atoms with Crippen molar-refractivity contribution in [3.05, 3.63) is 52.2 Å². The third kappa shape index (κ3) is 5.38. The molecule has 3 aromatic rings. The first-order valence-corrected chi connectivity index (χ1v) is 13.8. The fourth-order valence-electron chi connectivity index (χ4n) is 3.53. The SMILES string of the molecule is CCC(Sc1nc2c(cc1C#N)CCC2)C(=O)Nc1ccc(S(=O)(=O)Nc2nnc(C)s2)cc1. The van der Waals surface area contributed by atoms with Gasteiger partial charge >= 0.3 is 0 Å². The van der Waals surface area contributed by atoms with Crippen LogP contribution in [0.3, 0.4) is 0 Å². The van der Waals surface area contributed by atoms with Crippen LogP contribution >= 0.6 is 23.1 Å². The summed E-state index contributed by atoms with van der Waals surface area (Å²) in [4.78, 5) is 17.6. The Morgan fingerprint density at radius 3 is 2.68 bits per heavy atom. The van der Waals surface area contributed by atoms with Crippen molar-refractivity contribution in [1.29, 1.82) is 5.26 Å². The molecule has 12 heteroatoms. The second-order valence-electron chi connectivity index (χ2n) is 7.67. The Kier molecular flexibility index (Phi) is 7.16. The highest BCUT2D eigenvalue weighted by Crippen LogP contribution is 2.32. The van der Waals surface area contributed by atoms with E-state index in [9.17, 15) is 18.5 Å². The molecule has 2 heterocycles. The Bertz CT molecular complexity index is 1360. The minimum Gasteiger partial charge on any atom is -0.325 e. The predicted molar refractivity (Wildman–Crippen MR) is 131 cm³/mol. The topological polar surface area (TPSA) is 138 Å². The standard InChI is InChI=1S/C22H22N6O3S3/c1-3-19(33-21-15(12-23)11-14-5-4-6-18(14)25-21)20(29)24-16-7-9-17(10-8-16)34(30,31)28-22-27-26-13(2)32-22/h7-11,19H,3-6H2,1-2H3,(H,24,29)(H,27,28). The van der Waals surface area contributed by atoms with Crippen molar-refractivity contribution in [1.82, 2.24) is 15.2 Å². The summed E-state index contributed by atoms with van der Waals surface area (Å²) in [5.74, 6) is -0.239. The number of thioether (sulfide) groups is 1. The van der Waals surface area contributed by atoms with Gasteiger partial charge in [0.2, 0.25) is 11.0 Å². The summed E-state index contributed by atoms with van der Waals surface area (Å²) in [5.41, 5.74) is 3.08. The number of anilines is 2. The highest BCUT2D eigenvalue weighted by molar-refractivity contribution is 8.00. The van der Waals surface area contributed by atoms with E-state index in [1.165, 1.54) is 36.0 Å². The minimum atomic E-state index is -3.82. The molecular formula is C22H22N6O3S3. The molecule has 0 saturated heterocycles. The number of rotatable bonds is 8. The van der Waals surface area contributed by atoms with Gasteiger partial charge in [-0.1, -0.05) is 30.0 Å². The van der Waals surface area contributed by atoms with Crippen molar-refractivity contribution in [2.75, 3.05) is 10.0 Å². The molecule has 0 bridgehead atoms. The zero-order valence-corrected chi connectivity index (χ0v) is 21.0. The first-order valence-electron chi connectivity index (χ1n) is 10.6. The Morgan fingerprint density at radius 1 is 1.26 bits per heavy atom. The molecule has 1 unspecified atom stereocenters.